The maximum Gasteiger partial charge on any atom is 0.289 e. The smallest absolute Gasteiger partial charge is 0.289 e. The molecule has 160 valence electrons. The third kappa shape index (κ3) is 3.87. The lowest BCUT2D eigenvalue weighted by Crippen LogP contribution is -2.17. The Hall–Kier alpha value is -3.93. The van der Waals surface area contributed by atoms with E-state index in [4.69, 9.17) is 4.74 Å². The number of hydrogen-bond acceptors (Lipinski definition) is 4. The van der Waals surface area contributed by atoms with Gasteiger partial charge in [0.15, 0.2) is 0 Å². The normalized spacial score (nSPS) is 12.5. The zero-order valence-corrected chi connectivity index (χ0v) is 17.9. The molecule has 5 rings (SSSR count). The molecule has 2 N–H and O–H groups in total. The van der Waals surface area contributed by atoms with Gasteiger partial charge in [0.2, 0.25) is 0 Å². The largest absolute Gasteiger partial charge is 0.494 e. The lowest BCUT2D eigenvalue weighted by molar-refractivity contribution is 0.0950. The van der Waals surface area contributed by atoms with Crippen LogP contribution in [-0.2, 0) is 12.8 Å². The first-order chi connectivity index (χ1) is 15.7. The number of aromatic nitrogens is 2. The van der Waals surface area contributed by atoms with Gasteiger partial charge >= 0.3 is 0 Å². The predicted molar refractivity (Wildman–Crippen MR) is 126 cm³/mol. The first-order valence-electron chi connectivity index (χ1n) is 10.9. The fraction of sp³-hybridized carbons (Fsp3) is 0.192. The van der Waals surface area contributed by atoms with E-state index in [1.807, 2.05) is 24.3 Å². The maximum absolute atomic E-state index is 12.5. The molecule has 0 atom stereocenters. The van der Waals surface area contributed by atoms with Crippen molar-refractivity contribution in [1.82, 2.24) is 15.6 Å². The quantitative estimate of drug-likeness (QED) is 0.328. The van der Waals surface area contributed by atoms with E-state index in [1.165, 1.54) is 21.9 Å². The molecule has 0 unspecified atom stereocenters. The molecule has 1 aromatic heterocycles. The van der Waals surface area contributed by atoms with Crippen LogP contribution in [0.4, 0.5) is 0 Å². The van der Waals surface area contributed by atoms with Crippen molar-refractivity contribution in [2.75, 3.05) is 6.61 Å². The molecule has 0 bridgehead atoms. The molecule has 0 fully saturated rings. The first kappa shape index (κ1) is 20.0. The van der Waals surface area contributed by atoms with Crippen LogP contribution < -0.4 is 10.2 Å². The molecule has 0 saturated heterocycles. The molecule has 1 heterocycles. The van der Waals surface area contributed by atoms with Crippen LogP contribution in [0.3, 0.4) is 0 Å². The number of ether oxygens (including phenoxy) is 1. The van der Waals surface area contributed by atoms with Gasteiger partial charge in [-0.25, -0.2) is 5.43 Å². The molecule has 0 radical (unpaired) electrons. The van der Waals surface area contributed by atoms with Crippen LogP contribution >= 0.6 is 0 Å². The summed E-state index contributed by atoms with van der Waals surface area (Å²) in [6, 6.07) is 20.0. The number of carbonyl (C=O) groups excluding carboxylic acids is 1. The topological polar surface area (TPSA) is 79.4 Å². The van der Waals surface area contributed by atoms with Gasteiger partial charge in [-0.2, -0.15) is 10.2 Å². The minimum absolute atomic E-state index is 0.339. The van der Waals surface area contributed by atoms with E-state index in [2.05, 4.69) is 58.0 Å². The number of nitrogens with zero attached hydrogens (tertiary/aromatic N) is 2. The highest BCUT2D eigenvalue weighted by atomic mass is 16.5. The summed E-state index contributed by atoms with van der Waals surface area (Å²) in [6.07, 6.45) is 4.73. The SMILES string of the molecule is CCCOc1ccc(C=NNC(=O)c2cc(-c3ccc4c5c(cccc35)CC4)n[nH]2)cc1. The average Bonchev–Trinajstić information content (AvgIpc) is 3.48. The Kier molecular flexibility index (Phi) is 5.42. The minimum atomic E-state index is -0.339. The molecule has 6 nitrogen and oxygen atoms in total. The molecular weight excluding hydrogens is 400 g/mol. The van der Waals surface area contributed by atoms with Gasteiger partial charge in [-0.05, 0) is 77.1 Å². The highest BCUT2D eigenvalue weighted by Gasteiger charge is 2.18. The number of aromatic amines is 1. The number of hydrogen-bond donors (Lipinski definition) is 2. The van der Waals surface area contributed by atoms with Crippen molar-refractivity contribution in [2.45, 2.75) is 26.2 Å². The van der Waals surface area contributed by atoms with Gasteiger partial charge in [-0.1, -0.05) is 37.3 Å². The second kappa shape index (κ2) is 8.67. The van der Waals surface area contributed by atoms with Crippen LogP contribution in [0.25, 0.3) is 22.0 Å². The Morgan fingerprint density at radius 3 is 2.75 bits per heavy atom. The second-order valence-corrected chi connectivity index (χ2v) is 7.90. The molecule has 6 heteroatoms. The number of H-pyrrole nitrogens is 1. The van der Waals surface area contributed by atoms with Gasteiger partial charge < -0.3 is 4.74 Å². The fourth-order valence-electron chi connectivity index (χ4n) is 4.14. The summed E-state index contributed by atoms with van der Waals surface area (Å²) in [5.74, 6) is 0.481. The molecule has 0 aliphatic heterocycles. The molecule has 32 heavy (non-hydrogen) atoms. The van der Waals surface area contributed by atoms with Crippen molar-refractivity contribution in [3.05, 3.63) is 83.0 Å². The van der Waals surface area contributed by atoms with Crippen molar-refractivity contribution in [3.63, 3.8) is 0 Å². The lowest BCUT2D eigenvalue weighted by atomic mass is 9.98. The van der Waals surface area contributed by atoms with Crippen LogP contribution in [0.5, 0.6) is 5.75 Å². The summed E-state index contributed by atoms with van der Waals surface area (Å²) in [7, 11) is 0. The standard InChI is InChI=1S/C26H24N4O2/c1-2-14-32-20-11-6-17(7-12-20)16-27-30-26(31)24-15-23(28-29-24)21-13-10-19-9-8-18-4-3-5-22(21)25(18)19/h3-7,10-13,15-16H,2,8-9,14H2,1H3,(H,28,29)(H,30,31). The number of rotatable bonds is 7. The molecule has 1 aliphatic carbocycles. The second-order valence-electron chi connectivity index (χ2n) is 7.90. The van der Waals surface area contributed by atoms with Gasteiger partial charge in [-0.15, -0.1) is 0 Å². The highest BCUT2D eigenvalue weighted by molar-refractivity contribution is 6.02. The number of carbonyl (C=O) groups is 1. The third-order valence-electron chi connectivity index (χ3n) is 5.71. The van der Waals surface area contributed by atoms with Gasteiger partial charge in [0.25, 0.3) is 5.91 Å². The van der Waals surface area contributed by atoms with E-state index < -0.39 is 0 Å². The van der Waals surface area contributed by atoms with Crippen molar-refractivity contribution < 1.29 is 9.53 Å². The maximum atomic E-state index is 12.5. The molecule has 0 spiro atoms. The monoisotopic (exact) mass is 424 g/mol. The Bertz CT molecular complexity index is 1300. The third-order valence-corrected chi connectivity index (χ3v) is 5.71. The number of benzene rings is 3. The lowest BCUT2D eigenvalue weighted by Gasteiger charge is -2.06. The van der Waals surface area contributed by atoms with E-state index in [-0.39, 0.29) is 5.91 Å². The minimum Gasteiger partial charge on any atom is -0.494 e. The molecule has 4 aromatic rings. The summed E-state index contributed by atoms with van der Waals surface area (Å²) in [5, 5.41) is 13.8. The van der Waals surface area contributed by atoms with E-state index >= 15 is 0 Å². The number of nitrogens with one attached hydrogen (secondary N) is 2. The van der Waals surface area contributed by atoms with Crippen molar-refractivity contribution in [3.8, 4) is 17.0 Å². The van der Waals surface area contributed by atoms with Crippen LogP contribution in [0, 0.1) is 0 Å². The van der Waals surface area contributed by atoms with Gasteiger partial charge in [0, 0.05) is 5.56 Å². The Morgan fingerprint density at radius 1 is 1.12 bits per heavy atom. The first-order valence-corrected chi connectivity index (χ1v) is 10.9. The van der Waals surface area contributed by atoms with Crippen LogP contribution in [-0.4, -0.2) is 28.9 Å². The molecule has 3 aromatic carbocycles. The van der Waals surface area contributed by atoms with Crippen molar-refractivity contribution in [2.24, 2.45) is 5.10 Å². The number of hydrazone groups is 1. The predicted octanol–water partition coefficient (Wildman–Crippen LogP) is 4.88. The van der Waals surface area contributed by atoms with Crippen LogP contribution in [0.15, 0.2) is 65.8 Å². The van der Waals surface area contributed by atoms with E-state index in [0.29, 0.717) is 12.3 Å². The van der Waals surface area contributed by atoms with E-state index in [9.17, 15) is 4.79 Å². The number of aryl methyl sites for hydroxylation is 2. The molecule has 0 saturated carbocycles. The summed E-state index contributed by atoms with van der Waals surface area (Å²) >= 11 is 0. The molecule has 1 amide bonds. The van der Waals surface area contributed by atoms with Gasteiger partial charge in [-0.3, -0.25) is 9.89 Å². The van der Waals surface area contributed by atoms with Crippen LogP contribution in [0.1, 0.15) is 40.5 Å². The summed E-state index contributed by atoms with van der Waals surface area (Å²) in [6.45, 7) is 2.76. The fourth-order valence-corrected chi connectivity index (χ4v) is 4.14. The van der Waals surface area contributed by atoms with E-state index in [0.717, 1.165) is 41.8 Å². The Morgan fingerprint density at radius 2 is 1.94 bits per heavy atom. The van der Waals surface area contributed by atoms with Gasteiger partial charge in [0.1, 0.15) is 11.4 Å². The van der Waals surface area contributed by atoms with Crippen molar-refractivity contribution >= 4 is 22.9 Å². The zero-order valence-electron chi connectivity index (χ0n) is 17.9. The van der Waals surface area contributed by atoms with E-state index in [1.54, 1.807) is 12.3 Å². The molecular formula is C26H24N4O2. The molecule has 1 aliphatic rings. The average molecular weight is 425 g/mol. The highest BCUT2D eigenvalue weighted by Crippen LogP contribution is 2.36. The van der Waals surface area contributed by atoms with Gasteiger partial charge in [0.05, 0.1) is 18.5 Å². The zero-order chi connectivity index (χ0) is 21.9. The van der Waals surface area contributed by atoms with Crippen molar-refractivity contribution in [1.29, 1.82) is 0 Å². The summed E-state index contributed by atoms with van der Waals surface area (Å²) in [4.78, 5) is 12.5. The number of amides is 1. The summed E-state index contributed by atoms with van der Waals surface area (Å²) in [5.41, 5.74) is 8.32. The Balaban J connectivity index is 1.29. The Labute approximate surface area is 186 Å². The van der Waals surface area contributed by atoms with Crippen LogP contribution in [0.2, 0.25) is 0 Å². The summed E-state index contributed by atoms with van der Waals surface area (Å²) < 4.78 is 5.57.